The lowest BCUT2D eigenvalue weighted by molar-refractivity contribution is -0.525. The molecule has 2 atom stereocenters. The average Bonchev–Trinajstić information content (AvgIpc) is 0.964. The van der Waals surface area contributed by atoms with Crippen molar-refractivity contribution in [2.24, 2.45) is 0 Å². The molecule has 4 aromatic carbocycles. The van der Waals surface area contributed by atoms with E-state index in [0.717, 1.165) is 127 Å². The van der Waals surface area contributed by atoms with Crippen LogP contribution in [0.4, 0.5) is 0 Å². The Labute approximate surface area is 558 Å². The molecule has 0 radical (unpaired) electrons. The number of ether oxygens (including phenoxy) is 9. The molecule has 0 amide bonds. The maximum absolute atomic E-state index is 7.54. The first kappa shape index (κ1) is 80.0. The molecule has 0 spiro atoms. The van der Waals surface area contributed by atoms with Crippen molar-refractivity contribution >= 4 is 0 Å². The highest BCUT2D eigenvalue weighted by Gasteiger charge is 2.49. The zero-order valence-electron chi connectivity index (χ0n) is 58.7. The molecule has 516 valence electrons. The summed E-state index contributed by atoms with van der Waals surface area (Å²) in [6, 6.07) is 40.6. The molecule has 91 heavy (non-hydrogen) atoms. The molecule has 0 saturated carbocycles. The molecule has 2 unspecified atom stereocenters. The second kappa shape index (κ2) is 56.8. The van der Waals surface area contributed by atoms with Crippen molar-refractivity contribution in [2.45, 2.75) is 335 Å². The zero-order valence-corrected chi connectivity index (χ0v) is 58.7. The van der Waals surface area contributed by atoms with Crippen LogP contribution in [-0.4, -0.2) is 52.2 Å². The van der Waals surface area contributed by atoms with E-state index in [1.165, 1.54) is 180 Å². The van der Waals surface area contributed by atoms with E-state index in [-0.39, 0.29) is 25.8 Å². The summed E-state index contributed by atoms with van der Waals surface area (Å²) in [5.41, 5.74) is 3.42. The topological polar surface area (TPSA) is 83.1 Å². The standard InChI is InChI=1S/C82H134O9/c1-5-9-13-17-21-25-31-51-67-83-79(84-68-52-32-26-22-18-14-10-6-2)65-49-29-35-55-71-87-81(77-61-45-39-46-62-77,89-73-75-57-41-37-42-58-75)91-82(78-63-47-40-48-64-78,90-74-76-59-43-38-44-60-76)88-72-56-36-30-50-66-80(85-69-53-33-27-23-19-15-11-7-3)86-70-54-34-28-24-20-16-12-8-4/h37-48,57-64,79-80H,5-36,49-56,65-74H2,1-4H3. The fourth-order valence-corrected chi connectivity index (χ4v) is 11.8. The molecule has 0 aliphatic heterocycles. The molecule has 9 nitrogen and oxygen atoms in total. The normalized spacial score (nSPS) is 13.2. The Morgan fingerprint density at radius 1 is 0.242 bits per heavy atom. The predicted octanol–water partition coefficient (Wildman–Crippen LogP) is 24.3. The van der Waals surface area contributed by atoms with Crippen LogP contribution in [0.25, 0.3) is 0 Å². The molecule has 4 rings (SSSR count). The Morgan fingerprint density at radius 3 is 0.747 bits per heavy atom. The lowest BCUT2D eigenvalue weighted by atomic mass is 10.1. The summed E-state index contributed by atoms with van der Waals surface area (Å²) >= 11 is 0. The summed E-state index contributed by atoms with van der Waals surface area (Å²) in [7, 11) is 0. The quantitative estimate of drug-likeness (QED) is 0.0317. The fraction of sp³-hybridized carbons (Fsp3) is 0.707. The van der Waals surface area contributed by atoms with Gasteiger partial charge in [-0.3, -0.25) is 4.74 Å². The summed E-state index contributed by atoms with van der Waals surface area (Å²) in [5.74, 6) is -3.47. The van der Waals surface area contributed by atoms with Gasteiger partial charge in [0.1, 0.15) is 0 Å². The summed E-state index contributed by atoms with van der Waals surface area (Å²) in [6.45, 7) is 13.4. The van der Waals surface area contributed by atoms with E-state index in [0.29, 0.717) is 24.3 Å². The van der Waals surface area contributed by atoms with E-state index in [4.69, 9.17) is 42.6 Å². The van der Waals surface area contributed by atoms with Crippen molar-refractivity contribution in [1.82, 2.24) is 0 Å². The van der Waals surface area contributed by atoms with Crippen molar-refractivity contribution in [3.05, 3.63) is 144 Å². The Kier molecular flexibility index (Phi) is 49.9. The van der Waals surface area contributed by atoms with Crippen LogP contribution < -0.4 is 0 Å². The van der Waals surface area contributed by atoms with E-state index in [9.17, 15) is 0 Å². The van der Waals surface area contributed by atoms with E-state index in [1.54, 1.807) is 0 Å². The Balaban J connectivity index is 1.46. The van der Waals surface area contributed by atoms with Gasteiger partial charge in [-0.25, -0.2) is 0 Å². The van der Waals surface area contributed by atoms with Crippen LogP contribution in [0.2, 0.25) is 0 Å². The van der Waals surface area contributed by atoms with Crippen LogP contribution in [0.1, 0.15) is 320 Å². The maximum atomic E-state index is 7.54. The first-order valence-corrected chi connectivity index (χ1v) is 38.0. The van der Waals surface area contributed by atoms with E-state index >= 15 is 0 Å². The number of unbranched alkanes of at least 4 members (excludes halogenated alkanes) is 34. The van der Waals surface area contributed by atoms with Gasteiger partial charge in [0.25, 0.3) is 0 Å². The second-order valence-electron chi connectivity index (χ2n) is 25.8. The zero-order chi connectivity index (χ0) is 64.3. The van der Waals surface area contributed by atoms with Crippen molar-refractivity contribution in [3.63, 3.8) is 0 Å². The van der Waals surface area contributed by atoms with E-state index in [2.05, 4.69) is 52.0 Å². The van der Waals surface area contributed by atoms with Crippen LogP contribution in [0.5, 0.6) is 0 Å². The highest BCUT2D eigenvalue weighted by molar-refractivity contribution is 5.23. The van der Waals surface area contributed by atoms with Gasteiger partial charge in [-0.15, -0.1) is 0 Å². The first-order valence-electron chi connectivity index (χ1n) is 38.0. The highest BCUT2D eigenvalue weighted by Crippen LogP contribution is 2.42. The van der Waals surface area contributed by atoms with Crippen molar-refractivity contribution < 1.29 is 42.6 Å². The molecule has 0 heterocycles. The molecule has 0 aliphatic carbocycles. The molecule has 0 aliphatic rings. The summed E-state index contributed by atoms with van der Waals surface area (Å²) in [4.78, 5) is 0. The average molecular weight is 1260 g/mol. The lowest BCUT2D eigenvalue weighted by Crippen LogP contribution is -2.48. The molecular weight excluding hydrogens is 1130 g/mol. The third-order valence-corrected chi connectivity index (χ3v) is 17.5. The second-order valence-corrected chi connectivity index (χ2v) is 25.8. The van der Waals surface area contributed by atoms with Gasteiger partial charge < -0.3 is 37.9 Å². The van der Waals surface area contributed by atoms with Crippen LogP contribution >= 0.6 is 0 Å². The van der Waals surface area contributed by atoms with Crippen LogP contribution in [0.3, 0.4) is 0 Å². The smallest absolute Gasteiger partial charge is 0.316 e. The van der Waals surface area contributed by atoms with E-state index in [1.807, 2.05) is 97.1 Å². The SMILES string of the molecule is CCCCCCCCCCOC(CCCCCCOC(OCc1ccccc1)(OC(OCCCCCCC(OCCCCCCCCCC)OCCCCCCCCCC)(OCc1ccccc1)c1ccccc1)c1ccccc1)OCCCCCCCCCC. The minimum Gasteiger partial charge on any atom is -0.353 e. The summed E-state index contributed by atoms with van der Waals surface area (Å²) < 4.78 is 62.0. The molecular formula is C82H134O9. The van der Waals surface area contributed by atoms with Crippen molar-refractivity contribution in [1.29, 1.82) is 0 Å². The van der Waals surface area contributed by atoms with Crippen molar-refractivity contribution in [2.75, 3.05) is 39.6 Å². The van der Waals surface area contributed by atoms with Gasteiger partial charge in [-0.2, -0.15) is 0 Å². The monoisotopic (exact) mass is 1260 g/mol. The van der Waals surface area contributed by atoms with Crippen LogP contribution in [-0.2, 0) is 67.8 Å². The van der Waals surface area contributed by atoms with Gasteiger partial charge in [0.2, 0.25) is 0 Å². The molecule has 0 aromatic heterocycles. The maximum Gasteiger partial charge on any atom is 0.316 e. The number of rotatable bonds is 66. The number of hydrogen-bond donors (Lipinski definition) is 0. The van der Waals surface area contributed by atoms with Gasteiger partial charge in [-0.1, -0.05) is 354 Å². The van der Waals surface area contributed by atoms with Gasteiger partial charge >= 0.3 is 11.9 Å². The molecule has 0 saturated heterocycles. The summed E-state index contributed by atoms with van der Waals surface area (Å²) in [5, 5.41) is 0. The molecule has 0 N–H and O–H groups in total. The Hall–Kier alpha value is -3.48. The third-order valence-electron chi connectivity index (χ3n) is 17.5. The minimum absolute atomic E-state index is 0.159. The van der Waals surface area contributed by atoms with Crippen LogP contribution in [0.15, 0.2) is 121 Å². The largest absolute Gasteiger partial charge is 0.353 e. The van der Waals surface area contributed by atoms with Gasteiger partial charge in [0.15, 0.2) is 12.6 Å². The lowest BCUT2D eigenvalue weighted by Gasteiger charge is -2.42. The molecule has 0 bridgehead atoms. The Bertz CT molecular complexity index is 1940. The number of hydrogen-bond acceptors (Lipinski definition) is 9. The third kappa shape index (κ3) is 39.9. The van der Waals surface area contributed by atoms with Gasteiger partial charge in [0, 0.05) is 37.6 Å². The summed E-state index contributed by atoms with van der Waals surface area (Å²) in [6.07, 6.45) is 50.3. The van der Waals surface area contributed by atoms with Gasteiger partial charge in [-0.05, 0) is 75.3 Å². The van der Waals surface area contributed by atoms with Gasteiger partial charge in [0.05, 0.1) is 26.4 Å². The first-order chi connectivity index (χ1) is 45.1. The van der Waals surface area contributed by atoms with Crippen molar-refractivity contribution in [3.8, 4) is 0 Å². The minimum atomic E-state index is -1.74. The fourth-order valence-electron chi connectivity index (χ4n) is 11.8. The Morgan fingerprint density at radius 2 is 0.473 bits per heavy atom. The molecule has 4 aromatic rings. The van der Waals surface area contributed by atoms with Crippen LogP contribution in [0, 0.1) is 0 Å². The highest BCUT2D eigenvalue weighted by atomic mass is 17.0. The number of benzene rings is 4. The molecule has 9 heteroatoms. The predicted molar refractivity (Wildman–Crippen MR) is 380 cm³/mol. The van der Waals surface area contributed by atoms with E-state index < -0.39 is 11.9 Å². The molecule has 0 fully saturated rings.